The van der Waals surface area contributed by atoms with Gasteiger partial charge in [0.1, 0.15) is 5.82 Å². The molecular weight excluding hydrogens is 363 g/mol. The zero-order valence-corrected chi connectivity index (χ0v) is 15.5. The second-order valence-corrected chi connectivity index (χ2v) is 7.42. The molecule has 0 radical (unpaired) electrons. The van der Waals surface area contributed by atoms with Crippen molar-refractivity contribution in [3.8, 4) is 11.3 Å². The fourth-order valence-corrected chi connectivity index (χ4v) is 4.14. The van der Waals surface area contributed by atoms with Crippen LogP contribution in [0.2, 0.25) is 0 Å². The van der Waals surface area contributed by atoms with Crippen molar-refractivity contribution < 1.29 is 13.9 Å². The third-order valence-electron chi connectivity index (χ3n) is 4.97. The first kappa shape index (κ1) is 17.8. The van der Waals surface area contributed by atoms with Gasteiger partial charge in [0.15, 0.2) is 5.13 Å². The first-order chi connectivity index (χ1) is 13.2. The van der Waals surface area contributed by atoms with Crippen molar-refractivity contribution in [2.24, 2.45) is 0 Å². The molecule has 0 aliphatic carbocycles. The highest BCUT2D eigenvalue weighted by molar-refractivity contribution is 7.14. The Balaban J connectivity index is 1.59. The number of nitrogens with one attached hydrogen (secondary N) is 1. The van der Waals surface area contributed by atoms with E-state index in [9.17, 15) is 9.18 Å². The number of carbonyl (C=O) groups is 1. The van der Waals surface area contributed by atoms with E-state index in [0.29, 0.717) is 31.2 Å². The third-order valence-corrected chi connectivity index (χ3v) is 5.73. The molecule has 0 spiro atoms. The normalized spacial score (nSPS) is 16.0. The molecule has 1 saturated heterocycles. The summed E-state index contributed by atoms with van der Waals surface area (Å²) in [6.45, 7) is 0.996. The highest BCUT2D eigenvalue weighted by atomic mass is 32.1. The number of amides is 1. The number of thiazole rings is 1. The van der Waals surface area contributed by atoms with Crippen molar-refractivity contribution >= 4 is 22.4 Å². The molecule has 4 rings (SSSR count). The maximum atomic E-state index is 13.4. The van der Waals surface area contributed by atoms with Gasteiger partial charge in [0.05, 0.1) is 11.1 Å². The van der Waals surface area contributed by atoms with Gasteiger partial charge >= 0.3 is 0 Å². The lowest BCUT2D eigenvalue weighted by atomic mass is 9.73. The van der Waals surface area contributed by atoms with E-state index in [1.807, 2.05) is 35.7 Å². The first-order valence-corrected chi connectivity index (χ1v) is 9.71. The number of anilines is 1. The Morgan fingerprint density at radius 2 is 1.78 bits per heavy atom. The molecule has 6 heteroatoms. The minimum atomic E-state index is -0.732. The van der Waals surface area contributed by atoms with E-state index in [0.717, 1.165) is 16.8 Å². The van der Waals surface area contributed by atoms with Crippen LogP contribution < -0.4 is 5.32 Å². The van der Waals surface area contributed by atoms with Crippen molar-refractivity contribution in [1.82, 2.24) is 4.98 Å². The standard InChI is InChI=1S/C21H19FN2O2S/c22-17-8-6-16(7-9-17)21(10-12-26-13-11-21)19(25)24-20-23-18(14-27-20)15-4-2-1-3-5-15/h1-9,14H,10-13H2,(H,23,24,25). The number of nitrogens with zero attached hydrogens (tertiary/aromatic N) is 1. The minimum absolute atomic E-state index is 0.119. The van der Waals surface area contributed by atoms with Crippen molar-refractivity contribution in [3.05, 3.63) is 71.4 Å². The van der Waals surface area contributed by atoms with Crippen molar-refractivity contribution in [3.63, 3.8) is 0 Å². The zero-order valence-electron chi connectivity index (χ0n) is 14.7. The highest BCUT2D eigenvalue weighted by Gasteiger charge is 2.42. The van der Waals surface area contributed by atoms with Gasteiger partial charge in [0.25, 0.3) is 0 Å². The maximum Gasteiger partial charge on any atom is 0.236 e. The number of carbonyl (C=O) groups excluding carboxylic acids is 1. The summed E-state index contributed by atoms with van der Waals surface area (Å²) < 4.78 is 18.8. The number of halogens is 1. The summed E-state index contributed by atoms with van der Waals surface area (Å²) in [5.41, 5.74) is 1.92. The zero-order chi connectivity index (χ0) is 18.7. The van der Waals surface area contributed by atoms with Crippen LogP contribution in [0.15, 0.2) is 60.0 Å². The topological polar surface area (TPSA) is 51.2 Å². The lowest BCUT2D eigenvalue weighted by Gasteiger charge is -2.36. The van der Waals surface area contributed by atoms with Gasteiger partial charge in [-0.1, -0.05) is 42.5 Å². The summed E-state index contributed by atoms with van der Waals surface area (Å²) in [5, 5.41) is 5.47. The average molecular weight is 382 g/mol. The summed E-state index contributed by atoms with van der Waals surface area (Å²) in [6.07, 6.45) is 1.11. The number of aromatic nitrogens is 1. The SMILES string of the molecule is O=C(Nc1nc(-c2ccccc2)cs1)C1(c2ccc(F)cc2)CCOCC1. The Bertz CT molecular complexity index is 919. The summed E-state index contributed by atoms with van der Waals surface area (Å²) in [7, 11) is 0. The molecule has 0 atom stereocenters. The van der Waals surface area contributed by atoms with Gasteiger partial charge in [0, 0.05) is 24.2 Å². The van der Waals surface area contributed by atoms with Crippen LogP contribution in [0.3, 0.4) is 0 Å². The monoisotopic (exact) mass is 382 g/mol. The molecule has 1 aliphatic heterocycles. The van der Waals surface area contributed by atoms with Crippen LogP contribution in [0.25, 0.3) is 11.3 Å². The third kappa shape index (κ3) is 3.63. The van der Waals surface area contributed by atoms with E-state index in [1.165, 1.54) is 23.5 Å². The number of ether oxygens (including phenoxy) is 1. The van der Waals surface area contributed by atoms with E-state index in [2.05, 4.69) is 10.3 Å². The van der Waals surface area contributed by atoms with E-state index >= 15 is 0 Å². The summed E-state index contributed by atoms with van der Waals surface area (Å²) >= 11 is 1.40. The van der Waals surface area contributed by atoms with Crippen LogP contribution in [0.4, 0.5) is 9.52 Å². The quantitative estimate of drug-likeness (QED) is 0.715. The molecule has 1 fully saturated rings. The largest absolute Gasteiger partial charge is 0.381 e. The second-order valence-electron chi connectivity index (χ2n) is 6.56. The molecule has 4 nitrogen and oxygen atoms in total. The highest BCUT2D eigenvalue weighted by Crippen LogP contribution is 2.37. The first-order valence-electron chi connectivity index (χ1n) is 8.84. The lowest BCUT2D eigenvalue weighted by molar-refractivity contribution is -0.125. The molecule has 2 aromatic carbocycles. The number of rotatable bonds is 4. The van der Waals surface area contributed by atoms with Gasteiger partial charge in [-0.15, -0.1) is 11.3 Å². The van der Waals surface area contributed by atoms with Gasteiger partial charge in [-0.3, -0.25) is 4.79 Å². The van der Waals surface area contributed by atoms with E-state index in [4.69, 9.17) is 4.74 Å². The number of hydrogen-bond acceptors (Lipinski definition) is 4. The molecular formula is C21H19FN2O2S. The maximum absolute atomic E-state index is 13.4. The van der Waals surface area contributed by atoms with Crippen molar-refractivity contribution in [2.45, 2.75) is 18.3 Å². The van der Waals surface area contributed by atoms with Crippen LogP contribution >= 0.6 is 11.3 Å². The Kier molecular flexibility index (Phi) is 5.01. The van der Waals surface area contributed by atoms with Crippen LogP contribution in [0.5, 0.6) is 0 Å². The second kappa shape index (κ2) is 7.58. The Labute approximate surface area is 161 Å². The van der Waals surface area contributed by atoms with E-state index < -0.39 is 5.41 Å². The number of hydrogen-bond donors (Lipinski definition) is 1. The van der Waals surface area contributed by atoms with Crippen molar-refractivity contribution in [1.29, 1.82) is 0 Å². The van der Waals surface area contributed by atoms with Gasteiger partial charge in [0.2, 0.25) is 5.91 Å². The van der Waals surface area contributed by atoms with E-state index in [1.54, 1.807) is 12.1 Å². The molecule has 3 aromatic rings. The Morgan fingerprint density at radius 3 is 2.48 bits per heavy atom. The van der Waals surface area contributed by atoms with Crippen molar-refractivity contribution in [2.75, 3.05) is 18.5 Å². The van der Waals surface area contributed by atoms with E-state index in [-0.39, 0.29) is 11.7 Å². The molecule has 0 saturated carbocycles. The van der Waals surface area contributed by atoms with Gasteiger partial charge in [-0.05, 0) is 30.5 Å². The Morgan fingerprint density at radius 1 is 1.07 bits per heavy atom. The fraction of sp³-hybridized carbons (Fsp3) is 0.238. The predicted octanol–water partition coefficient (Wildman–Crippen LogP) is 4.64. The lowest BCUT2D eigenvalue weighted by Crippen LogP contribution is -2.44. The molecule has 138 valence electrons. The average Bonchev–Trinajstić information content (AvgIpc) is 3.18. The van der Waals surface area contributed by atoms with Crippen LogP contribution in [0, 0.1) is 5.82 Å². The number of benzene rings is 2. The van der Waals surface area contributed by atoms with Crippen LogP contribution in [0.1, 0.15) is 18.4 Å². The molecule has 2 heterocycles. The molecule has 1 aromatic heterocycles. The van der Waals surface area contributed by atoms with Crippen LogP contribution in [-0.4, -0.2) is 24.1 Å². The van der Waals surface area contributed by atoms with Crippen LogP contribution in [-0.2, 0) is 14.9 Å². The summed E-state index contributed by atoms with van der Waals surface area (Å²) in [6, 6.07) is 16.0. The molecule has 1 aliphatic rings. The molecule has 0 unspecified atom stereocenters. The molecule has 1 amide bonds. The molecule has 0 bridgehead atoms. The summed E-state index contributed by atoms with van der Waals surface area (Å²) in [5.74, 6) is -0.430. The minimum Gasteiger partial charge on any atom is -0.381 e. The predicted molar refractivity (Wildman–Crippen MR) is 104 cm³/mol. The fourth-order valence-electron chi connectivity index (χ4n) is 3.43. The van der Waals surface area contributed by atoms with Gasteiger partial charge < -0.3 is 10.1 Å². The smallest absolute Gasteiger partial charge is 0.236 e. The molecule has 27 heavy (non-hydrogen) atoms. The Hall–Kier alpha value is -2.57. The molecule has 1 N–H and O–H groups in total. The van der Waals surface area contributed by atoms with Gasteiger partial charge in [-0.25, -0.2) is 9.37 Å². The van der Waals surface area contributed by atoms with Gasteiger partial charge in [-0.2, -0.15) is 0 Å². The summed E-state index contributed by atoms with van der Waals surface area (Å²) in [4.78, 5) is 17.8.